The van der Waals surface area contributed by atoms with Crippen LogP contribution in [0.4, 0.5) is 0 Å². The number of rotatable bonds is 6. The molecular weight excluding hydrogens is 409 g/mol. The van der Waals surface area contributed by atoms with E-state index in [1.165, 1.54) is 10.5 Å². The summed E-state index contributed by atoms with van der Waals surface area (Å²) < 4.78 is 1.92. The van der Waals surface area contributed by atoms with Crippen molar-refractivity contribution in [1.29, 1.82) is 0 Å². The second-order valence-electron chi connectivity index (χ2n) is 7.82. The number of aromatic nitrogens is 2. The van der Waals surface area contributed by atoms with Gasteiger partial charge in [0, 0.05) is 23.9 Å². The minimum absolute atomic E-state index is 0. The molecule has 7 heteroatoms. The molecule has 1 fully saturated rings. The Kier molecular flexibility index (Phi) is 7.41. The normalized spacial score (nSPS) is 20.3. The Morgan fingerprint density at radius 3 is 2.55 bits per heavy atom. The summed E-state index contributed by atoms with van der Waals surface area (Å²) >= 11 is 5.92. The highest BCUT2D eigenvalue weighted by Gasteiger charge is 2.27. The van der Waals surface area contributed by atoms with Crippen molar-refractivity contribution in [2.75, 3.05) is 19.6 Å². The lowest BCUT2D eigenvalue weighted by Crippen LogP contribution is -3.14. The molecule has 0 spiro atoms. The summed E-state index contributed by atoms with van der Waals surface area (Å²) in [5.41, 5.74) is 3.08. The molecule has 1 aliphatic rings. The number of para-hydroxylation sites is 2. The van der Waals surface area contributed by atoms with Gasteiger partial charge in [0.1, 0.15) is 12.6 Å². The number of H-pyrrole nitrogens is 1. The van der Waals surface area contributed by atoms with Crippen LogP contribution >= 0.6 is 11.6 Å². The van der Waals surface area contributed by atoms with Crippen LogP contribution in [0.5, 0.6) is 0 Å². The van der Waals surface area contributed by atoms with Crippen LogP contribution in [0.3, 0.4) is 0 Å². The molecule has 3 N–H and O–H groups in total. The molecule has 3 aromatic rings. The van der Waals surface area contributed by atoms with Gasteiger partial charge in [0.2, 0.25) is 0 Å². The molecule has 1 atom stereocenters. The lowest BCUT2D eigenvalue weighted by atomic mass is 10.0. The van der Waals surface area contributed by atoms with Crippen LogP contribution in [0, 0.1) is 0 Å². The van der Waals surface area contributed by atoms with E-state index in [2.05, 4.69) is 4.98 Å². The minimum atomic E-state index is -0.307. The van der Waals surface area contributed by atoms with E-state index in [1.54, 1.807) is 0 Å². The molecule has 0 saturated carbocycles. The monoisotopic (exact) mass is 435 g/mol. The van der Waals surface area contributed by atoms with Crippen molar-refractivity contribution < 1.29 is 22.4 Å². The van der Waals surface area contributed by atoms with Crippen molar-refractivity contribution in [3.63, 3.8) is 0 Å². The number of halogens is 2. The molecule has 0 amide bonds. The van der Waals surface area contributed by atoms with E-state index in [4.69, 9.17) is 11.6 Å². The maximum atomic E-state index is 12.4. The molecule has 1 saturated heterocycles. The van der Waals surface area contributed by atoms with Crippen molar-refractivity contribution in [2.45, 2.75) is 37.8 Å². The molecular formula is C22H27Cl2N3O2. The highest BCUT2D eigenvalue weighted by molar-refractivity contribution is 6.30. The number of aliphatic hydroxyl groups is 1. The number of nitrogens with zero attached hydrogens (tertiary/aromatic N) is 1. The minimum Gasteiger partial charge on any atom is -1.00 e. The van der Waals surface area contributed by atoms with Crippen LogP contribution in [-0.4, -0.2) is 40.4 Å². The summed E-state index contributed by atoms with van der Waals surface area (Å²) in [6.45, 7) is 2.73. The maximum absolute atomic E-state index is 12.4. The Morgan fingerprint density at radius 1 is 1.14 bits per heavy atom. The van der Waals surface area contributed by atoms with Gasteiger partial charge in [-0.25, -0.2) is 4.79 Å². The highest BCUT2D eigenvalue weighted by Crippen LogP contribution is 2.20. The van der Waals surface area contributed by atoms with Crippen molar-refractivity contribution in [3.05, 3.63) is 69.6 Å². The zero-order chi connectivity index (χ0) is 19.5. The van der Waals surface area contributed by atoms with Gasteiger partial charge in [-0.1, -0.05) is 35.9 Å². The number of imidazole rings is 1. The zero-order valence-electron chi connectivity index (χ0n) is 16.3. The number of hydrogen-bond acceptors (Lipinski definition) is 2. The van der Waals surface area contributed by atoms with Crippen molar-refractivity contribution >= 4 is 22.6 Å². The number of nitrogens with one attached hydrogen (secondary N) is 2. The predicted molar refractivity (Wildman–Crippen MR) is 112 cm³/mol. The molecule has 0 radical (unpaired) electrons. The fourth-order valence-corrected chi connectivity index (χ4v) is 4.46. The molecule has 156 valence electrons. The van der Waals surface area contributed by atoms with Crippen molar-refractivity contribution in [1.82, 2.24) is 9.55 Å². The Balaban J connectivity index is 0.00000240. The summed E-state index contributed by atoms with van der Waals surface area (Å²) in [5, 5.41) is 11.2. The van der Waals surface area contributed by atoms with E-state index in [-0.39, 0.29) is 30.2 Å². The van der Waals surface area contributed by atoms with Gasteiger partial charge >= 0.3 is 5.69 Å². The summed E-state index contributed by atoms with van der Waals surface area (Å²) in [6.07, 6.45) is 3.23. The molecule has 29 heavy (non-hydrogen) atoms. The Morgan fingerprint density at radius 2 is 1.83 bits per heavy atom. The second kappa shape index (κ2) is 9.81. The zero-order valence-corrected chi connectivity index (χ0v) is 17.8. The van der Waals surface area contributed by atoms with Crippen LogP contribution in [0.25, 0.3) is 11.0 Å². The van der Waals surface area contributed by atoms with Crippen molar-refractivity contribution in [2.24, 2.45) is 0 Å². The standard InChI is InChI=1S/C22H26ClN3O2.ClH/c23-17-8-5-16(6-9-17)7-10-19(27)15-25-13-11-18(12-14-25)26-21-4-2-1-3-20(21)24-22(26)28;/h1-6,8-9,18-19,27H,7,10-15H2,(H,24,28);1H. The van der Waals surface area contributed by atoms with Crippen LogP contribution in [-0.2, 0) is 6.42 Å². The van der Waals surface area contributed by atoms with E-state index in [1.807, 2.05) is 53.1 Å². The molecule has 4 rings (SSSR count). The maximum Gasteiger partial charge on any atom is 0.326 e. The van der Waals surface area contributed by atoms with Crippen LogP contribution in [0.15, 0.2) is 53.3 Å². The fourth-order valence-electron chi connectivity index (χ4n) is 4.33. The number of aryl methyl sites for hydroxylation is 1. The van der Waals surface area contributed by atoms with Crippen LogP contribution < -0.4 is 23.0 Å². The average Bonchev–Trinajstić information content (AvgIpc) is 3.04. The number of quaternary nitrogens is 1. The number of aromatic amines is 1. The Labute approximate surface area is 181 Å². The van der Waals surface area contributed by atoms with Gasteiger partial charge in [0.15, 0.2) is 0 Å². The number of fused-ring (bicyclic) bond motifs is 1. The lowest BCUT2D eigenvalue weighted by Gasteiger charge is -2.31. The second-order valence-corrected chi connectivity index (χ2v) is 8.26. The predicted octanol–water partition coefficient (Wildman–Crippen LogP) is -0.799. The third-order valence-electron chi connectivity index (χ3n) is 5.86. The average molecular weight is 436 g/mol. The van der Waals surface area contributed by atoms with E-state index in [0.717, 1.165) is 61.4 Å². The van der Waals surface area contributed by atoms with E-state index < -0.39 is 0 Å². The fraction of sp³-hybridized carbons (Fsp3) is 0.409. The summed E-state index contributed by atoms with van der Waals surface area (Å²) in [4.78, 5) is 16.8. The van der Waals surface area contributed by atoms with E-state index in [9.17, 15) is 9.90 Å². The third-order valence-corrected chi connectivity index (χ3v) is 6.11. The number of aliphatic hydroxyl groups excluding tert-OH is 1. The van der Waals surface area contributed by atoms with Gasteiger partial charge in [-0.15, -0.1) is 0 Å². The van der Waals surface area contributed by atoms with E-state index >= 15 is 0 Å². The molecule has 0 aliphatic carbocycles. The largest absolute Gasteiger partial charge is 1.00 e. The van der Waals surface area contributed by atoms with Gasteiger partial charge in [0.25, 0.3) is 0 Å². The highest BCUT2D eigenvalue weighted by atomic mass is 35.5. The summed E-state index contributed by atoms with van der Waals surface area (Å²) in [5.74, 6) is 0. The molecule has 2 aromatic carbocycles. The molecule has 0 bridgehead atoms. The topological polar surface area (TPSA) is 62.5 Å². The first-order chi connectivity index (χ1) is 13.6. The molecule has 1 aliphatic heterocycles. The Bertz CT molecular complexity index is 976. The lowest BCUT2D eigenvalue weighted by molar-refractivity contribution is -0.908. The first-order valence-corrected chi connectivity index (χ1v) is 10.4. The number of hydrogen-bond donors (Lipinski definition) is 3. The van der Waals surface area contributed by atoms with Gasteiger partial charge in [-0.3, -0.25) is 4.57 Å². The molecule has 2 heterocycles. The molecule has 5 nitrogen and oxygen atoms in total. The van der Waals surface area contributed by atoms with Crippen molar-refractivity contribution in [3.8, 4) is 0 Å². The van der Waals surface area contributed by atoms with Crippen LogP contribution in [0.1, 0.15) is 30.9 Å². The first-order valence-electron chi connectivity index (χ1n) is 10.1. The SMILES string of the molecule is O=c1[nH]c2ccccc2n1C1CC[NH+](CC(O)CCc2ccc(Cl)cc2)CC1.[Cl-]. The molecule has 1 unspecified atom stereocenters. The molecule has 1 aromatic heterocycles. The van der Waals surface area contributed by atoms with Gasteiger partial charge in [-0.2, -0.15) is 0 Å². The van der Waals surface area contributed by atoms with Gasteiger partial charge in [0.05, 0.1) is 24.1 Å². The van der Waals surface area contributed by atoms with E-state index in [0.29, 0.717) is 0 Å². The Hall–Kier alpha value is -1.79. The number of benzene rings is 2. The summed E-state index contributed by atoms with van der Waals surface area (Å²) in [6, 6.07) is 15.9. The third kappa shape index (κ3) is 5.23. The van der Waals surface area contributed by atoms with Crippen LogP contribution in [0.2, 0.25) is 5.02 Å². The first kappa shape index (κ1) is 21.9. The summed E-state index contributed by atoms with van der Waals surface area (Å²) in [7, 11) is 0. The quantitative estimate of drug-likeness (QED) is 0.474. The number of piperidine rings is 1. The van der Waals surface area contributed by atoms with Gasteiger partial charge < -0.3 is 27.4 Å². The number of likely N-dealkylation sites (tertiary alicyclic amines) is 1. The smallest absolute Gasteiger partial charge is 0.326 e. The van der Waals surface area contributed by atoms with Gasteiger partial charge in [-0.05, 0) is 42.7 Å².